The van der Waals surface area contributed by atoms with Gasteiger partial charge in [-0.2, -0.15) is 0 Å². The van der Waals surface area contributed by atoms with Crippen LogP contribution >= 0.6 is 17.0 Å². The first-order valence-corrected chi connectivity index (χ1v) is 9.58. The molecule has 0 rings (SSSR count). The molecule has 146 valence electrons. The van der Waals surface area contributed by atoms with Crippen molar-refractivity contribution >= 4 is 22.9 Å². The highest BCUT2D eigenvalue weighted by atomic mass is 79.9. The van der Waals surface area contributed by atoms with Gasteiger partial charge in [-0.25, -0.2) is 0 Å². The van der Waals surface area contributed by atoms with Gasteiger partial charge < -0.3 is 10.6 Å². The molecule has 0 radical (unpaired) electrons. The zero-order valence-electron chi connectivity index (χ0n) is 16.7. The van der Waals surface area contributed by atoms with E-state index in [-0.39, 0.29) is 22.9 Å². The van der Waals surface area contributed by atoms with Gasteiger partial charge >= 0.3 is 0 Å². The number of likely N-dealkylation sites (N-methyl/N-ethyl adjacent to an activating group) is 1. The van der Waals surface area contributed by atoms with Crippen molar-refractivity contribution in [3.8, 4) is 0 Å². The van der Waals surface area contributed by atoms with E-state index in [9.17, 15) is 4.79 Å². The summed E-state index contributed by atoms with van der Waals surface area (Å²) in [5.41, 5.74) is 5.98. The van der Waals surface area contributed by atoms with Gasteiger partial charge in [0.1, 0.15) is 0 Å². The molecule has 2 N–H and O–H groups in total. The lowest BCUT2D eigenvalue weighted by molar-refractivity contribution is -0.123. The van der Waals surface area contributed by atoms with Gasteiger partial charge in [0.05, 0.1) is 0 Å². The predicted octanol–water partition coefficient (Wildman–Crippen LogP) is 5.87. The summed E-state index contributed by atoms with van der Waals surface area (Å²) in [5.74, 6) is -0.0556. The van der Waals surface area contributed by atoms with Crippen LogP contribution in [0, 0.1) is 0 Å². The third kappa shape index (κ3) is 23.9. The maximum absolute atomic E-state index is 10.3. The zero-order chi connectivity index (χ0) is 17.9. The highest BCUT2D eigenvalue weighted by molar-refractivity contribution is 8.93. The van der Waals surface area contributed by atoms with E-state index in [4.69, 9.17) is 5.73 Å². The van der Waals surface area contributed by atoms with Crippen LogP contribution in [0.3, 0.4) is 0 Å². The van der Waals surface area contributed by atoms with Gasteiger partial charge in [-0.15, -0.1) is 17.0 Å². The SMILES string of the molecule is Br.C=CC(=O)N(C)C.CCCCCCCCCCCC(N)CCC. The molecule has 0 aromatic rings. The van der Waals surface area contributed by atoms with E-state index >= 15 is 0 Å². The van der Waals surface area contributed by atoms with Crippen LogP contribution in [0.2, 0.25) is 0 Å². The van der Waals surface area contributed by atoms with E-state index in [1.54, 1.807) is 14.1 Å². The second kappa shape index (κ2) is 22.6. The molecule has 0 saturated heterocycles. The second-order valence-electron chi connectivity index (χ2n) is 6.60. The summed E-state index contributed by atoms with van der Waals surface area (Å²) < 4.78 is 0. The first kappa shape index (κ1) is 28.5. The molecule has 1 unspecified atom stereocenters. The maximum atomic E-state index is 10.3. The van der Waals surface area contributed by atoms with E-state index in [2.05, 4.69) is 20.4 Å². The van der Waals surface area contributed by atoms with Crippen molar-refractivity contribution in [2.24, 2.45) is 5.73 Å². The molecule has 0 fully saturated rings. The van der Waals surface area contributed by atoms with Gasteiger partial charge in [-0.05, 0) is 18.9 Å². The lowest BCUT2D eigenvalue weighted by atomic mass is 10.0. The van der Waals surface area contributed by atoms with Crippen molar-refractivity contribution < 1.29 is 4.79 Å². The maximum Gasteiger partial charge on any atom is 0.245 e. The summed E-state index contributed by atoms with van der Waals surface area (Å²) in [5, 5.41) is 0. The number of halogens is 1. The molecule has 0 bridgehead atoms. The Bertz CT molecular complexity index is 270. The van der Waals surface area contributed by atoms with E-state index in [0.29, 0.717) is 6.04 Å². The number of rotatable bonds is 13. The molecule has 0 saturated carbocycles. The Labute approximate surface area is 162 Å². The predicted molar refractivity (Wildman–Crippen MR) is 114 cm³/mol. The van der Waals surface area contributed by atoms with Gasteiger partial charge in [-0.1, -0.05) is 84.6 Å². The fourth-order valence-corrected chi connectivity index (χ4v) is 2.41. The highest BCUT2D eigenvalue weighted by Crippen LogP contribution is 2.11. The van der Waals surface area contributed by atoms with E-state index in [0.717, 1.165) is 0 Å². The van der Waals surface area contributed by atoms with Crippen LogP contribution < -0.4 is 5.73 Å². The summed E-state index contributed by atoms with van der Waals surface area (Å²) in [6.45, 7) is 7.79. The Morgan fingerprint density at radius 1 is 0.917 bits per heavy atom. The Morgan fingerprint density at radius 3 is 1.71 bits per heavy atom. The topological polar surface area (TPSA) is 46.3 Å². The number of nitrogens with two attached hydrogens (primary N) is 1. The van der Waals surface area contributed by atoms with Gasteiger partial charge in [0.2, 0.25) is 5.91 Å². The molecular weight excluding hydrogens is 364 g/mol. The fraction of sp³-hybridized carbons (Fsp3) is 0.850. The molecule has 1 atom stereocenters. The minimum Gasteiger partial charge on any atom is -0.345 e. The van der Waals surface area contributed by atoms with Crippen molar-refractivity contribution in [1.29, 1.82) is 0 Å². The molecule has 0 aliphatic rings. The molecule has 3 nitrogen and oxygen atoms in total. The van der Waals surface area contributed by atoms with Crippen LogP contribution in [-0.4, -0.2) is 30.9 Å². The molecule has 24 heavy (non-hydrogen) atoms. The summed E-state index contributed by atoms with van der Waals surface area (Å²) in [6.07, 6.45) is 17.7. The molecule has 0 heterocycles. The quantitative estimate of drug-likeness (QED) is 0.306. The Hall–Kier alpha value is -0.350. The van der Waals surface area contributed by atoms with Gasteiger partial charge in [0.15, 0.2) is 0 Å². The standard InChI is InChI=1S/C15H33N.C5H9NO.BrH/c1-3-5-6-7-8-9-10-11-12-14-15(16)13-4-2;1-4-5(7)6(2)3;/h15H,3-14,16H2,1-2H3;4H,1H2,2-3H3;1H. The van der Waals surface area contributed by atoms with Crippen molar-refractivity contribution in [3.63, 3.8) is 0 Å². The van der Waals surface area contributed by atoms with Gasteiger partial charge in [0.25, 0.3) is 0 Å². The Kier molecular flexibility index (Phi) is 26.9. The molecule has 0 aliphatic carbocycles. The summed E-state index contributed by atoms with van der Waals surface area (Å²) in [4.78, 5) is 11.8. The summed E-state index contributed by atoms with van der Waals surface area (Å²) in [6, 6.07) is 0.467. The average molecular weight is 407 g/mol. The monoisotopic (exact) mass is 406 g/mol. The number of carbonyl (C=O) groups excluding carboxylic acids is 1. The molecule has 0 spiro atoms. The van der Waals surface area contributed by atoms with Crippen LogP contribution in [0.5, 0.6) is 0 Å². The number of nitrogens with zero attached hydrogens (tertiary/aromatic N) is 1. The zero-order valence-corrected chi connectivity index (χ0v) is 18.4. The largest absolute Gasteiger partial charge is 0.345 e. The average Bonchev–Trinajstić information content (AvgIpc) is 2.53. The number of hydrogen-bond acceptors (Lipinski definition) is 2. The third-order valence-electron chi connectivity index (χ3n) is 3.95. The van der Waals surface area contributed by atoms with Crippen molar-refractivity contribution in [3.05, 3.63) is 12.7 Å². The number of unbranched alkanes of at least 4 members (excludes halogenated alkanes) is 8. The Balaban J connectivity index is -0.000000468. The fourth-order valence-electron chi connectivity index (χ4n) is 2.41. The van der Waals surface area contributed by atoms with Crippen LogP contribution in [0.4, 0.5) is 0 Å². The van der Waals surface area contributed by atoms with Gasteiger partial charge in [-0.3, -0.25) is 4.79 Å². The van der Waals surface area contributed by atoms with Crippen molar-refractivity contribution in [2.75, 3.05) is 14.1 Å². The summed E-state index contributed by atoms with van der Waals surface area (Å²) >= 11 is 0. The smallest absolute Gasteiger partial charge is 0.245 e. The molecular formula is C20H43BrN2O. The molecule has 0 aliphatic heterocycles. The van der Waals surface area contributed by atoms with E-state index in [1.807, 2.05) is 0 Å². The Morgan fingerprint density at radius 2 is 1.38 bits per heavy atom. The van der Waals surface area contributed by atoms with Crippen molar-refractivity contribution in [2.45, 2.75) is 96.9 Å². The minimum atomic E-state index is -0.0556. The lowest BCUT2D eigenvalue weighted by Crippen LogP contribution is -2.18. The van der Waals surface area contributed by atoms with Crippen LogP contribution in [0.25, 0.3) is 0 Å². The van der Waals surface area contributed by atoms with E-state index in [1.165, 1.54) is 88.0 Å². The van der Waals surface area contributed by atoms with Crippen LogP contribution in [0.15, 0.2) is 12.7 Å². The molecule has 1 amide bonds. The molecule has 4 heteroatoms. The normalized spacial score (nSPS) is 10.9. The lowest BCUT2D eigenvalue weighted by Gasteiger charge is -2.09. The van der Waals surface area contributed by atoms with E-state index < -0.39 is 0 Å². The minimum absolute atomic E-state index is 0. The van der Waals surface area contributed by atoms with Gasteiger partial charge in [0, 0.05) is 20.1 Å². The third-order valence-corrected chi connectivity index (χ3v) is 3.95. The number of carbonyl (C=O) groups is 1. The molecule has 0 aromatic carbocycles. The second-order valence-corrected chi connectivity index (χ2v) is 6.60. The molecule has 0 aromatic heterocycles. The van der Waals surface area contributed by atoms with Crippen LogP contribution in [0.1, 0.15) is 90.9 Å². The number of hydrogen-bond donors (Lipinski definition) is 1. The first-order valence-electron chi connectivity index (χ1n) is 9.58. The van der Waals surface area contributed by atoms with Crippen LogP contribution in [-0.2, 0) is 4.79 Å². The first-order chi connectivity index (χ1) is 11.0. The van der Waals surface area contributed by atoms with Crippen molar-refractivity contribution in [1.82, 2.24) is 4.90 Å². The number of amides is 1. The highest BCUT2D eigenvalue weighted by Gasteiger charge is 2.00. The summed E-state index contributed by atoms with van der Waals surface area (Å²) in [7, 11) is 3.37.